The number of hydrogen-bond acceptors (Lipinski definition) is 6. The van der Waals surface area contributed by atoms with Crippen molar-refractivity contribution in [3.8, 4) is 0 Å². The highest BCUT2D eigenvalue weighted by Gasteiger charge is 2.51. The number of aliphatic hydroxyl groups excluding tert-OH is 2. The summed E-state index contributed by atoms with van der Waals surface area (Å²) in [7, 11) is 0. The van der Waals surface area contributed by atoms with Crippen LogP contribution in [0.2, 0.25) is 0 Å². The molecule has 110 valence electrons. The van der Waals surface area contributed by atoms with Crippen LogP contribution in [-0.2, 0) is 10.5 Å². The van der Waals surface area contributed by atoms with Gasteiger partial charge in [0.05, 0.1) is 18.8 Å². The molecule has 20 heavy (non-hydrogen) atoms. The Morgan fingerprint density at radius 1 is 1.70 bits per heavy atom. The fraction of sp³-hybridized carbons (Fsp3) is 0.583. The molecule has 1 aromatic rings. The van der Waals surface area contributed by atoms with Gasteiger partial charge in [-0.05, 0) is 13.6 Å². The lowest BCUT2D eigenvalue weighted by Crippen LogP contribution is -2.52. The van der Waals surface area contributed by atoms with Crippen LogP contribution in [0.4, 0.5) is 0 Å². The molecule has 1 fully saturated rings. The summed E-state index contributed by atoms with van der Waals surface area (Å²) >= 11 is 0. The Morgan fingerprint density at radius 2 is 2.40 bits per heavy atom. The zero-order valence-electron chi connectivity index (χ0n) is 11.0. The quantitative estimate of drug-likeness (QED) is 0.577. The normalized spacial score (nSPS) is 31.1. The van der Waals surface area contributed by atoms with Crippen LogP contribution in [0.5, 0.6) is 0 Å². The fourth-order valence-corrected chi connectivity index (χ4v) is 2.40. The third-order valence-electron chi connectivity index (χ3n) is 3.44. The molecule has 1 aliphatic heterocycles. The molecule has 0 aromatic carbocycles. The van der Waals surface area contributed by atoms with Gasteiger partial charge in [-0.1, -0.05) is 0 Å². The van der Waals surface area contributed by atoms with Gasteiger partial charge in [0.1, 0.15) is 6.10 Å². The van der Waals surface area contributed by atoms with Crippen molar-refractivity contribution in [2.24, 2.45) is 4.99 Å². The summed E-state index contributed by atoms with van der Waals surface area (Å²) in [5, 5.41) is 19.9. The molecular weight excluding hydrogens is 266 g/mol. The summed E-state index contributed by atoms with van der Waals surface area (Å²) < 4.78 is 6.76. The van der Waals surface area contributed by atoms with E-state index in [1.54, 1.807) is 0 Å². The van der Waals surface area contributed by atoms with Crippen LogP contribution in [0.1, 0.15) is 13.3 Å². The van der Waals surface area contributed by atoms with E-state index in [1.807, 2.05) is 0 Å². The molecule has 3 N–H and O–H groups in total. The van der Waals surface area contributed by atoms with Gasteiger partial charge >= 0.3 is 5.69 Å². The Morgan fingerprint density at radius 3 is 2.90 bits per heavy atom. The number of rotatable bonds is 4. The minimum atomic E-state index is -1.47. The number of aromatic nitrogens is 2. The Labute approximate surface area is 114 Å². The molecule has 0 saturated carbocycles. The van der Waals surface area contributed by atoms with Gasteiger partial charge in [-0.3, -0.25) is 19.3 Å². The maximum atomic E-state index is 11.9. The van der Waals surface area contributed by atoms with Crippen molar-refractivity contribution in [1.29, 1.82) is 0 Å². The molecule has 2 rings (SSSR count). The van der Waals surface area contributed by atoms with E-state index in [1.165, 1.54) is 13.1 Å². The third-order valence-corrected chi connectivity index (χ3v) is 3.44. The molecule has 0 radical (unpaired) electrons. The number of aromatic amines is 1. The van der Waals surface area contributed by atoms with E-state index in [0.29, 0.717) is 0 Å². The average Bonchev–Trinajstić information content (AvgIpc) is 2.68. The van der Waals surface area contributed by atoms with Crippen molar-refractivity contribution in [3.05, 3.63) is 33.1 Å². The summed E-state index contributed by atoms with van der Waals surface area (Å²) in [6.07, 6.45) is -1.12. The molecule has 2 heterocycles. The number of H-pyrrole nitrogens is 1. The molecule has 0 aliphatic carbocycles. The second-order valence-electron chi connectivity index (χ2n) is 4.86. The number of aliphatic hydroxyl groups is 2. The summed E-state index contributed by atoms with van der Waals surface area (Å²) in [4.78, 5) is 28.9. The highest BCUT2D eigenvalue weighted by atomic mass is 16.6. The molecular formula is C12H17N3O5. The van der Waals surface area contributed by atoms with Gasteiger partial charge in [0.25, 0.3) is 5.56 Å². The molecule has 1 aromatic heterocycles. The first-order valence-electron chi connectivity index (χ1n) is 6.19. The fourth-order valence-electron chi connectivity index (χ4n) is 2.40. The van der Waals surface area contributed by atoms with Gasteiger partial charge in [0.15, 0.2) is 5.72 Å². The summed E-state index contributed by atoms with van der Waals surface area (Å²) in [6.45, 7) is 4.81. The molecule has 8 nitrogen and oxygen atoms in total. The lowest BCUT2D eigenvalue weighted by atomic mass is 10.0. The van der Waals surface area contributed by atoms with Gasteiger partial charge in [-0.25, -0.2) is 4.79 Å². The van der Waals surface area contributed by atoms with Crippen LogP contribution in [0, 0.1) is 0 Å². The van der Waals surface area contributed by atoms with Crippen LogP contribution in [0.15, 0.2) is 26.8 Å². The van der Waals surface area contributed by atoms with Gasteiger partial charge < -0.3 is 14.9 Å². The average molecular weight is 283 g/mol. The summed E-state index contributed by atoms with van der Waals surface area (Å²) in [5.41, 5.74) is -2.73. The van der Waals surface area contributed by atoms with Crippen molar-refractivity contribution in [1.82, 2.24) is 9.55 Å². The Kier molecular flexibility index (Phi) is 3.89. The minimum Gasteiger partial charge on any atom is -0.391 e. The zero-order chi connectivity index (χ0) is 14.9. The van der Waals surface area contributed by atoms with Crippen molar-refractivity contribution >= 4 is 6.72 Å². The molecule has 0 bridgehead atoms. The number of hydrogen-bond donors (Lipinski definition) is 3. The minimum absolute atomic E-state index is 0.0800. The molecule has 0 amide bonds. The molecule has 4 atom stereocenters. The van der Waals surface area contributed by atoms with Crippen LogP contribution >= 0.6 is 0 Å². The van der Waals surface area contributed by atoms with Gasteiger partial charge in [0.2, 0.25) is 0 Å². The highest BCUT2D eigenvalue weighted by Crippen LogP contribution is 2.35. The van der Waals surface area contributed by atoms with Crippen LogP contribution in [0.3, 0.4) is 0 Å². The first-order chi connectivity index (χ1) is 9.40. The van der Waals surface area contributed by atoms with Crippen molar-refractivity contribution in [3.63, 3.8) is 0 Å². The van der Waals surface area contributed by atoms with Gasteiger partial charge in [-0.2, -0.15) is 0 Å². The van der Waals surface area contributed by atoms with E-state index in [-0.39, 0.29) is 13.0 Å². The van der Waals surface area contributed by atoms with E-state index in [4.69, 9.17) is 4.74 Å². The highest BCUT2D eigenvalue weighted by molar-refractivity contribution is 5.24. The van der Waals surface area contributed by atoms with E-state index in [0.717, 1.165) is 10.6 Å². The standard InChI is InChI=1S/C12H17N3O5/c1-7(16)8-5-9(17)12(20-8,6-13-2)15-4-3-10(18)14-11(15)19/h3-4,7-9,16-17H,2,5-6H2,1H3,(H,14,18,19). The lowest BCUT2D eigenvalue weighted by molar-refractivity contribution is -0.153. The zero-order valence-corrected chi connectivity index (χ0v) is 11.0. The van der Waals surface area contributed by atoms with Crippen LogP contribution in [0.25, 0.3) is 0 Å². The smallest absolute Gasteiger partial charge is 0.330 e. The Hall–Kier alpha value is -1.77. The second kappa shape index (κ2) is 5.31. The van der Waals surface area contributed by atoms with E-state index in [2.05, 4.69) is 16.7 Å². The maximum absolute atomic E-state index is 11.9. The monoisotopic (exact) mass is 283 g/mol. The molecule has 8 heteroatoms. The Balaban J connectivity index is 2.52. The van der Waals surface area contributed by atoms with E-state index >= 15 is 0 Å². The van der Waals surface area contributed by atoms with Gasteiger partial charge in [-0.15, -0.1) is 0 Å². The van der Waals surface area contributed by atoms with Crippen LogP contribution < -0.4 is 11.2 Å². The molecule has 0 spiro atoms. The molecule has 1 aliphatic rings. The van der Waals surface area contributed by atoms with E-state index < -0.39 is 35.3 Å². The Bertz CT molecular complexity index is 608. The van der Waals surface area contributed by atoms with Crippen molar-refractivity contribution in [2.75, 3.05) is 6.54 Å². The maximum Gasteiger partial charge on any atom is 0.330 e. The third kappa shape index (κ3) is 2.33. The first-order valence-corrected chi connectivity index (χ1v) is 6.19. The summed E-state index contributed by atoms with van der Waals surface area (Å²) in [6, 6.07) is 1.15. The predicted molar refractivity (Wildman–Crippen MR) is 70.9 cm³/mol. The number of ether oxygens (including phenoxy) is 1. The van der Waals surface area contributed by atoms with Crippen molar-refractivity contribution < 1.29 is 14.9 Å². The summed E-state index contributed by atoms with van der Waals surface area (Å²) in [5.74, 6) is 0. The molecule has 1 saturated heterocycles. The number of aliphatic imine (C=N–C) groups is 1. The van der Waals surface area contributed by atoms with E-state index in [9.17, 15) is 19.8 Å². The number of nitrogens with one attached hydrogen (secondary N) is 1. The topological polar surface area (TPSA) is 117 Å². The predicted octanol–water partition coefficient (Wildman–Crippen LogP) is -1.58. The second-order valence-corrected chi connectivity index (χ2v) is 4.86. The first kappa shape index (κ1) is 14.6. The van der Waals surface area contributed by atoms with Crippen LogP contribution in [-0.4, -0.2) is 51.3 Å². The van der Waals surface area contributed by atoms with Gasteiger partial charge in [0, 0.05) is 18.7 Å². The lowest BCUT2D eigenvalue weighted by Gasteiger charge is -2.32. The molecule has 4 unspecified atom stereocenters. The van der Waals surface area contributed by atoms with Crippen molar-refractivity contribution in [2.45, 2.75) is 37.4 Å². The SMILES string of the molecule is C=NCC1(n2ccc(=O)[nH]c2=O)OC(C(C)O)CC1O. The number of nitrogens with zero attached hydrogens (tertiary/aromatic N) is 2. The largest absolute Gasteiger partial charge is 0.391 e.